The molecule has 0 saturated heterocycles. The average molecular weight is 611 g/mol. The Kier molecular flexibility index (Phi) is 25.3. The molecular formula is C36H68NO6+. The van der Waals surface area contributed by atoms with Crippen LogP contribution in [0.25, 0.3) is 0 Å². The van der Waals surface area contributed by atoms with E-state index in [9.17, 15) is 29.7 Å². The lowest BCUT2D eigenvalue weighted by molar-refractivity contribution is -0.935. The molecule has 3 N–H and O–H groups in total. The van der Waals surface area contributed by atoms with Gasteiger partial charge in [-0.1, -0.05) is 110 Å². The zero-order valence-corrected chi connectivity index (χ0v) is 28.4. The number of allylic oxidation sites excluding steroid dienone is 2. The molecule has 0 spiro atoms. The van der Waals surface area contributed by atoms with Crippen molar-refractivity contribution in [2.45, 2.75) is 156 Å². The Morgan fingerprint density at radius 2 is 0.791 bits per heavy atom. The number of quaternary nitrogens is 1. The van der Waals surface area contributed by atoms with Gasteiger partial charge < -0.3 is 19.8 Å². The van der Waals surface area contributed by atoms with Crippen LogP contribution in [0, 0.1) is 17.8 Å². The molecule has 0 rings (SSSR count). The van der Waals surface area contributed by atoms with Gasteiger partial charge in [-0.2, -0.15) is 0 Å². The first-order chi connectivity index (χ1) is 20.7. The van der Waals surface area contributed by atoms with Crippen LogP contribution in [0.5, 0.6) is 0 Å². The van der Waals surface area contributed by atoms with Gasteiger partial charge in [0.25, 0.3) is 0 Å². The third-order valence-corrected chi connectivity index (χ3v) is 9.24. The van der Waals surface area contributed by atoms with Gasteiger partial charge in [-0.25, -0.2) is 0 Å². The van der Waals surface area contributed by atoms with Crippen LogP contribution in [0.2, 0.25) is 0 Å². The number of carboxylic acids is 3. The minimum atomic E-state index is -0.892. The van der Waals surface area contributed by atoms with Crippen molar-refractivity contribution in [2.24, 2.45) is 17.8 Å². The fourth-order valence-corrected chi connectivity index (χ4v) is 6.27. The fourth-order valence-electron chi connectivity index (χ4n) is 6.27. The third kappa shape index (κ3) is 20.7. The molecule has 3 atom stereocenters. The second-order valence-electron chi connectivity index (χ2n) is 12.9. The molecule has 43 heavy (non-hydrogen) atoms. The summed E-state index contributed by atoms with van der Waals surface area (Å²) in [6.45, 7) is 9.22. The molecular weight excluding hydrogens is 542 g/mol. The highest BCUT2D eigenvalue weighted by molar-refractivity contribution is 5.71. The SMILES string of the molecule is CCCCCCCCCCCCC/C=C/CCCCCC[N+](CC(CC)C(=O)O)(CC(CC)C(=O)O)CC(CC)C(=O)O. The standard InChI is InChI=1S/C36H67NO6/c1-5-9-10-11-12-13-14-15-16-17-18-19-20-21-22-23-24-25-26-27-37(28-31(6-2)34(38)39,29-32(7-3)35(40)41)30-33(8-4)36(42)43/h20-21,31-33H,5-19,22-30H2,1-4H3,(H2-,38,39,40,41,42,43)/p+1/b21-20+. The Balaban J connectivity index is 4.68. The predicted octanol–water partition coefficient (Wildman–Crippen LogP) is 9.34. The molecule has 0 aliphatic carbocycles. The Labute approximate surface area is 264 Å². The number of carbonyl (C=O) groups is 3. The van der Waals surface area contributed by atoms with Gasteiger partial charge in [-0.3, -0.25) is 14.4 Å². The first kappa shape index (κ1) is 41.1. The van der Waals surface area contributed by atoms with Crippen molar-refractivity contribution >= 4 is 17.9 Å². The fraction of sp³-hybridized carbons (Fsp3) is 0.861. The molecule has 7 nitrogen and oxygen atoms in total. The average Bonchev–Trinajstić information content (AvgIpc) is 2.98. The van der Waals surface area contributed by atoms with E-state index in [1.165, 1.54) is 70.6 Å². The summed E-state index contributed by atoms with van der Waals surface area (Å²) in [5.74, 6) is -4.54. The summed E-state index contributed by atoms with van der Waals surface area (Å²) in [6.07, 6.45) is 27.1. The van der Waals surface area contributed by atoms with Crippen molar-refractivity contribution in [2.75, 3.05) is 26.2 Å². The van der Waals surface area contributed by atoms with Crippen LogP contribution in [0.3, 0.4) is 0 Å². The van der Waals surface area contributed by atoms with Crippen LogP contribution in [0.1, 0.15) is 156 Å². The van der Waals surface area contributed by atoms with E-state index in [4.69, 9.17) is 0 Å². The molecule has 0 radical (unpaired) electrons. The first-order valence-electron chi connectivity index (χ1n) is 17.8. The molecule has 0 aromatic rings. The van der Waals surface area contributed by atoms with Crippen LogP contribution in [-0.2, 0) is 14.4 Å². The van der Waals surface area contributed by atoms with Crippen molar-refractivity contribution in [3.63, 3.8) is 0 Å². The molecule has 0 saturated carbocycles. The summed E-state index contributed by atoms with van der Waals surface area (Å²) in [5.41, 5.74) is 0. The Hall–Kier alpha value is -1.89. The van der Waals surface area contributed by atoms with E-state index in [-0.39, 0.29) is 24.1 Å². The summed E-state index contributed by atoms with van der Waals surface area (Å²) >= 11 is 0. The largest absolute Gasteiger partial charge is 0.481 e. The van der Waals surface area contributed by atoms with E-state index in [0.29, 0.717) is 25.8 Å². The first-order valence-corrected chi connectivity index (χ1v) is 17.8. The Morgan fingerprint density at radius 3 is 1.09 bits per heavy atom. The van der Waals surface area contributed by atoms with Crippen LogP contribution in [0.4, 0.5) is 0 Å². The highest BCUT2D eigenvalue weighted by atomic mass is 16.4. The van der Waals surface area contributed by atoms with E-state index >= 15 is 0 Å². The summed E-state index contributed by atoms with van der Waals surface area (Å²) < 4.78 is 0.249. The molecule has 0 aliphatic heterocycles. The number of hydrogen-bond acceptors (Lipinski definition) is 3. The number of carboxylic acid groups (broad SMARTS) is 3. The smallest absolute Gasteiger partial charge is 0.312 e. The number of aliphatic carboxylic acids is 3. The van der Waals surface area contributed by atoms with E-state index < -0.39 is 35.7 Å². The van der Waals surface area contributed by atoms with Crippen molar-refractivity contribution in [3.8, 4) is 0 Å². The predicted molar refractivity (Wildman–Crippen MR) is 177 cm³/mol. The highest BCUT2D eigenvalue weighted by Gasteiger charge is 2.40. The van der Waals surface area contributed by atoms with E-state index in [0.717, 1.165) is 38.5 Å². The Morgan fingerprint density at radius 1 is 0.488 bits per heavy atom. The molecule has 0 heterocycles. The van der Waals surface area contributed by atoms with Gasteiger partial charge in [0.2, 0.25) is 0 Å². The van der Waals surface area contributed by atoms with Gasteiger partial charge in [-0.15, -0.1) is 0 Å². The zero-order chi connectivity index (χ0) is 32.3. The molecule has 0 bridgehead atoms. The number of hydrogen-bond donors (Lipinski definition) is 3. The lowest BCUT2D eigenvalue weighted by Gasteiger charge is -2.43. The minimum absolute atomic E-state index is 0.249. The van der Waals surface area contributed by atoms with Crippen LogP contribution in [0.15, 0.2) is 12.2 Å². The zero-order valence-electron chi connectivity index (χ0n) is 28.4. The number of nitrogens with zero attached hydrogens (tertiary/aromatic N) is 1. The molecule has 0 fully saturated rings. The maximum atomic E-state index is 12.0. The molecule has 252 valence electrons. The maximum absolute atomic E-state index is 12.0. The maximum Gasteiger partial charge on any atom is 0.312 e. The second kappa shape index (κ2) is 26.5. The van der Waals surface area contributed by atoms with Crippen molar-refractivity contribution in [1.82, 2.24) is 0 Å². The summed E-state index contributed by atoms with van der Waals surface area (Å²) in [5, 5.41) is 29.5. The topological polar surface area (TPSA) is 112 Å². The van der Waals surface area contributed by atoms with Gasteiger partial charge in [0.15, 0.2) is 0 Å². The molecule has 7 heteroatoms. The monoisotopic (exact) mass is 611 g/mol. The number of rotatable bonds is 31. The van der Waals surface area contributed by atoms with Gasteiger partial charge in [0.05, 0.1) is 26.2 Å². The van der Waals surface area contributed by atoms with Gasteiger partial charge in [-0.05, 0) is 57.8 Å². The highest BCUT2D eigenvalue weighted by Crippen LogP contribution is 2.25. The Bertz CT molecular complexity index is 692. The van der Waals surface area contributed by atoms with E-state index in [1.807, 2.05) is 20.8 Å². The van der Waals surface area contributed by atoms with Gasteiger partial charge >= 0.3 is 17.9 Å². The van der Waals surface area contributed by atoms with Crippen LogP contribution >= 0.6 is 0 Å². The third-order valence-electron chi connectivity index (χ3n) is 9.24. The summed E-state index contributed by atoms with van der Waals surface area (Å²) in [7, 11) is 0. The quantitative estimate of drug-likeness (QED) is 0.0410. The normalized spacial score (nSPS) is 15.3. The second-order valence-corrected chi connectivity index (χ2v) is 12.9. The summed E-state index contributed by atoms with van der Waals surface area (Å²) in [6, 6.07) is 0. The molecule has 0 aromatic carbocycles. The van der Waals surface area contributed by atoms with E-state index in [1.54, 1.807) is 0 Å². The molecule has 0 aromatic heterocycles. The number of unbranched alkanes of at least 4 members (excludes halogenated alkanes) is 15. The minimum Gasteiger partial charge on any atom is -0.481 e. The van der Waals surface area contributed by atoms with E-state index in [2.05, 4.69) is 19.1 Å². The van der Waals surface area contributed by atoms with Gasteiger partial charge in [0.1, 0.15) is 17.8 Å². The van der Waals surface area contributed by atoms with Crippen molar-refractivity contribution in [3.05, 3.63) is 12.2 Å². The van der Waals surface area contributed by atoms with Crippen LogP contribution in [-0.4, -0.2) is 63.9 Å². The lowest BCUT2D eigenvalue weighted by Crippen LogP contribution is -2.58. The molecule has 3 unspecified atom stereocenters. The van der Waals surface area contributed by atoms with Crippen LogP contribution < -0.4 is 0 Å². The summed E-state index contributed by atoms with van der Waals surface area (Å²) in [4.78, 5) is 36.0. The van der Waals surface area contributed by atoms with Crippen molar-refractivity contribution in [1.29, 1.82) is 0 Å². The van der Waals surface area contributed by atoms with Gasteiger partial charge in [0, 0.05) is 0 Å². The lowest BCUT2D eigenvalue weighted by atomic mass is 9.95. The molecule has 0 amide bonds. The van der Waals surface area contributed by atoms with Crippen molar-refractivity contribution < 1.29 is 34.2 Å². The molecule has 0 aliphatic rings.